The van der Waals surface area contributed by atoms with Gasteiger partial charge in [0.25, 0.3) is 0 Å². The number of likely N-dealkylation sites (N-methyl/N-ethyl adjacent to an activating group) is 1. The SMILES string of the molecule is CCN[C@H]1CO[C@@H](O[C@H]2[C@H](O[C@H]3C#C/C=C\C#C[C@]4(O)CC(=O)C(CC(C)=O)=C3/C4=C\CSSC3CCC3)O[C@H](C)[C@@H](NO[C@H]3C[C@H](O)[C@H](SC(=O)c4c(C)c(I)c(O[C@@H]5O[C@@H](C)[C@H](O)[C@@H](OC)[C@H]5O)c(OC)c4OC)[C@@H](C)O3)[C@@H]2O)C[C@@H]1OC. The number of aliphatic hydroxyl groups is 5. The Bertz CT molecular complexity index is 2770. The predicted octanol–water partition coefficient (Wildman–Crippen LogP) is 4.14. The summed E-state index contributed by atoms with van der Waals surface area (Å²) in [5.41, 5.74) is 2.16. The normalized spacial score (nSPS) is 36.8. The van der Waals surface area contributed by atoms with Crippen molar-refractivity contribution in [3.63, 3.8) is 0 Å². The Morgan fingerprint density at radius 2 is 1.61 bits per heavy atom. The fourth-order valence-corrected chi connectivity index (χ4v) is 15.7. The quantitative estimate of drug-likeness (QED) is 0.0266. The van der Waals surface area contributed by atoms with Gasteiger partial charge in [0.2, 0.25) is 17.2 Å². The number of hydrogen-bond acceptors (Lipinski definition) is 25. The summed E-state index contributed by atoms with van der Waals surface area (Å²) in [5, 5.41) is 60.9. The molecule has 0 unspecified atom stereocenters. The Hall–Kier alpha value is -2.89. The minimum Gasteiger partial charge on any atom is -0.492 e. The number of ketones is 2. The van der Waals surface area contributed by atoms with Crippen LogP contribution in [0.3, 0.4) is 0 Å². The Morgan fingerprint density at radius 3 is 2.27 bits per heavy atom. The number of benzene rings is 1. The van der Waals surface area contributed by atoms with Gasteiger partial charge in [-0.05, 0) is 94.3 Å². The van der Waals surface area contributed by atoms with Crippen molar-refractivity contribution in [3.05, 3.63) is 49.6 Å². The Balaban J connectivity index is 1.01. The van der Waals surface area contributed by atoms with Crippen molar-refractivity contribution in [1.29, 1.82) is 0 Å². The summed E-state index contributed by atoms with van der Waals surface area (Å²) in [5.74, 6) is 11.6. The molecule has 5 fully saturated rings. The molecule has 0 aromatic heterocycles. The lowest BCUT2D eigenvalue weighted by atomic mass is 9.72. The van der Waals surface area contributed by atoms with Crippen molar-refractivity contribution < 1.29 is 96.9 Å². The minimum atomic E-state index is -1.96. The summed E-state index contributed by atoms with van der Waals surface area (Å²) < 4.78 is 67.9. The molecule has 85 heavy (non-hydrogen) atoms. The molecule has 22 nitrogen and oxygen atoms in total. The van der Waals surface area contributed by atoms with E-state index < -0.39 is 120 Å². The van der Waals surface area contributed by atoms with Crippen LogP contribution in [0.15, 0.2) is 34.9 Å². The molecule has 26 heteroatoms. The van der Waals surface area contributed by atoms with Gasteiger partial charge in [-0.2, -0.15) is 5.48 Å². The zero-order valence-corrected chi connectivity index (χ0v) is 53.8. The smallest absolute Gasteiger partial charge is 0.229 e. The van der Waals surface area contributed by atoms with Crippen molar-refractivity contribution in [3.8, 4) is 40.9 Å². The van der Waals surface area contributed by atoms with Gasteiger partial charge in [0, 0.05) is 61.2 Å². The number of rotatable bonds is 23. The first-order chi connectivity index (χ1) is 40.7. The van der Waals surface area contributed by atoms with Crippen molar-refractivity contribution >= 4 is 72.6 Å². The number of Topliss-reactive ketones (excluding diaryl/α,β-unsaturated/α-hetero) is 2. The van der Waals surface area contributed by atoms with Crippen molar-refractivity contribution in [2.24, 2.45) is 0 Å². The molecule has 470 valence electrons. The van der Waals surface area contributed by atoms with Crippen LogP contribution in [0.25, 0.3) is 0 Å². The van der Waals surface area contributed by atoms with Crippen molar-refractivity contribution in [2.75, 3.05) is 47.3 Å². The highest BCUT2D eigenvalue weighted by Gasteiger charge is 2.52. The van der Waals surface area contributed by atoms with Gasteiger partial charge in [0.1, 0.15) is 42.4 Å². The summed E-state index contributed by atoms with van der Waals surface area (Å²) in [7, 11) is 9.07. The molecule has 7 N–H and O–H groups in total. The Morgan fingerprint density at radius 1 is 0.882 bits per heavy atom. The molecule has 0 amide bonds. The molecule has 4 aliphatic heterocycles. The molecule has 4 heterocycles. The largest absolute Gasteiger partial charge is 0.492 e. The molecule has 1 aromatic carbocycles. The van der Waals surface area contributed by atoms with E-state index in [1.54, 1.807) is 56.4 Å². The zero-order valence-electron chi connectivity index (χ0n) is 49.2. The van der Waals surface area contributed by atoms with Gasteiger partial charge in [-0.1, -0.05) is 76.5 Å². The van der Waals surface area contributed by atoms with Gasteiger partial charge >= 0.3 is 0 Å². The van der Waals surface area contributed by atoms with Crippen LogP contribution in [0, 0.1) is 34.2 Å². The molecule has 1 aromatic rings. The van der Waals surface area contributed by atoms with E-state index in [4.69, 9.17) is 56.9 Å². The number of allylic oxidation sites excluding steroid dienone is 3. The maximum absolute atomic E-state index is 14.5. The number of hydrogen-bond donors (Lipinski definition) is 7. The highest BCUT2D eigenvalue weighted by Crippen LogP contribution is 2.49. The number of hydroxylamine groups is 1. The summed E-state index contributed by atoms with van der Waals surface area (Å²) in [6, 6.07) is -1.21. The minimum absolute atomic E-state index is 0.0359. The number of fused-ring (bicyclic) bond motifs is 2. The monoisotopic (exact) mass is 1360 g/mol. The second-order valence-electron chi connectivity index (χ2n) is 21.9. The number of ether oxygens (including phenoxy) is 11. The van der Waals surface area contributed by atoms with Gasteiger partial charge in [0.15, 0.2) is 41.8 Å². The van der Waals surface area contributed by atoms with Crippen molar-refractivity contribution in [1.82, 2.24) is 10.8 Å². The lowest BCUT2D eigenvalue weighted by Crippen LogP contribution is -2.65. The molecule has 0 radical (unpaired) electrons. The van der Waals surface area contributed by atoms with Gasteiger partial charge < -0.3 is 83.0 Å². The first-order valence-electron chi connectivity index (χ1n) is 28.5. The van der Waals surface area contributed by atoms with E-state index in [1.807, 2.05) is 35.6 Å². The molecule has 7 aliphatic rings. The van der Waals surface area contributed by atoms with Gasteiger partial charge in [-0.25, -0.2) is 0 Å². The van der Waals surface area contributed by atoms with Crippen LogP contribution in [0.1, 0.15) is 95.5 Å². The van der Waals surface area contributed by atoms with Crippen LogP contribution in [-0.2, 0) is 52.3 Å². The molecular formula is C59H79IN2O20S3. The second kappa shape index (κ2) is 30.7. The highest BCUT2D eigenvalue weighted by atomic mass is 127. The average Bonchev–Trinajstić information content (AvgIpc) is 2.98. The molecule has 19 atom stereocenters. The van der Waals surface area contributed by atoms with Gasteiger partial charge in [-0.3, -0.25) is 19.2 Å². The third-order valence-corrected chi connectivity index (χ3v) is 21.5. The van der Waals surface area contributed by atoms with Gasteiger partial charge in [-0.15, -0.1) is 0 Å². The zero-order chi connectivity index (χ0) is 61.4. The lowest BCUT2D eigenvalue weighted by molar-refractivity contribution is -0.336. The third-order valence-electron chi connectivity index (χ3n) is 16.0. The van der Waals surface area contributed by atoms with Crippen LogP contribution >= 0.6 is 55.9 Å². The first-order valence-corrected chi connectivity index (χ1v) is 32.8. The first kappa shape index (κ1) is 68.0. The van der Waals surface area contributed by atoms with E-state index in [9.17, 15) is 39.9 Å². The second-order valence-corrected chi connectivity index (χ2v) is 26.8. The van der Waals surface area contributed by atoms with E-state index in [1.165, 1.54) is 46.8 Å². The van der Waals surface area contributed by atoms with E-state index >= 15 is 0 Å². The number of thioether (sulfide) groups is 1. The number of nitrogens with one attached hydrogen (secondary N) is 2. The van der Waals surface area contributed by atoms with Crippen LogP contribution in [-0.4, -0.2) is 210 Å². The van der Waals surface area contributed by atoms with Gasteiger partial charge in [0.05, 0.1) is 84.2 Å². The van der Waals surface area contributed by atoms with Crippen LogP contribution in [0.4, 0.5) is 0 Å². The number of halogens is 1. The third kappa shape index (κ3) is 15.6. The Kier molecular flexibility index (Phi) is 24.6. The highest BCUT2D eigenvalue weighted by molar-refractivity contribution is 14.1. The van der Waals surface area contributed by atoms with E-state index in [2.05, 4.69) is 34.5 Å². The fraction of sp³-hybridized carbons (Fsp3) is 0.678. The molecule has 2 bridgehead atoms. The topological polar surface area (TPSA) is 287 Å². The van der Waals surface area contributed by atoms with E-state index in [0.29, 0.717) is 32.3 Å². The summed E-state index contributed by atoms with van der Waals surface area (Å²) in [6.45, 7) is 10.9. The summed E-state index contributed by atoms with van der Waals surface area (Å²) in [4.78, 5) is 47.7. The van der Waals surface area contributed by atoms with E-state index in [-0.39, 0.29) is 77.8 Å². The van der Waals surface area contributed by atoms with Crippen LogP contribution in [0.5, 0.6) is 17.2 Å². The number of carbonyl (C=O) groups excluding carboxylic acids is 3. The Labute approximate surface area is 522 Å². The fourth-order valence-electron chi connectivity index (χ4n) is 11.2. The lowest BCUT2D eigenvalue weighted by Gasteiger charge is -2.46. The number of methoxy groups -OCH3 is 4. The molecule has 0 spiro atoms. The van der Waals surface area contributed by atoms with Crippen LogP contribution < -0.4 is 25.0 Å². The average molecular weight is 1360 g/mol. The summed E-state index contributed by atoms with van der Waals surface area (Å²) in [6.07, 6.45) is -8.80. The molecule has 4 saturated heterocycles. The molecule has 8 rings (SSSR count). The van der Waals surface area contributed by atoms with Crippen LogP contribution in [0.2, 0.25) is 0 Å². The standard InChI is InChI=1S/C59H79IN2O20S3/c1-11-61-36-27-75-41(25-40(36)71-7)80-53-48(67)46(30(4)77-58(53)79-39-19-14-12-13-15-21-59(70)26-38(65)34(23-28(2)63)44(39)35(59)20-22-83-85-33-17-16-18-33)62-82-42-24-37(64)55(32(6)76-42)84-56(69)43-29(3)45(60)51(54(74-10)50(43)72-8)81-57-49(68)52(73-9)47(66)31(5)78-57/h12-13,20,30-33,36-37,39-42,46-49,52-53,55,57-58,61-62,64,66-68,70H,11,16-18,22-27H2,1-10H3/b13-12-,35-20+/t30-,31+,32-,36+,37+,39+,40+,41+,42+,46-,47+,48+,49-,52-,53-,55-,57+,58+,59+/m1/s1. The molecule has 1 saturated carbocycles. The predicted molar refractivity (Wildman–Crippen MR) is 324 cm³/mol. The van der Waals surface area contributed by atoms with Crippen molar-refractivity contribution in [2.45, 2.75) is 207 Å². The molecular weight excluding hydrogens is 1280 g/mol. The number of carbonyl (C=O) groups is 3. The summed E-state index contributed by atoms with van der Waals surface area (Å²) >= 11 is 2.85. The maximum Gasteiger partial charge on any atom is 0.229 e. The number of aliphatic hydroxyl groups excluding tert-OH is 4. The van der Waals surface area contributed by atoms with E-state index in [0.717, 1.165) is 24.6 Å². The molecule has 3 aliphatic carbocycles. The maximum atomic E-state index is 14.5.